The SMILES string of the molecule is Cc1ccccc1C1(c2ccc(N3CCCC3)cc2O)Oc2ccccc2-c2[nH]c3ccccc3c21. The summed E-state index contributed by atoms with van der Waals surface area (Å²) < 4.78 is 7.12. The summed E-state index contributed by atoms with van der Waals surface area (Å²) in [5.74, 6) is 1.04. The third kappa shape index (κ3) is 2.94. The Morgan fingerprint density at radius 3 is 2.42 bits per heavy atom. The molecule has 36 heavy (non-hydrogen) atoms. The molecule has 1 saturated heterocycles. The van der Waals surface area contributed by atoms with Gasteiger partial charge in [0.05, 0.1) is 5.69 Å². The van der Waals surface area contributed by atoms with Gasteiger partial charge in [-0.15, -0.1) is 0 Å². The molecule has 0 bridgehead atoms. The van der Waals surface area contributed by atoms with Gasteiger partial charge in [-0.3, -0.25) is 0 Å². The van der Waals surface area contributed by atoms with Crippen molar-refractivity contribution in [2.45, 2.75) is 25.4 Å². The number of nitrogens with zero attached hydrogens (tertiary/aromatic N) is 1. The maximum atomic E-state index is 11.7. The Morgan fingerprint density at radius 1 is 0.833 bits per heavy atom. The summed E-state index contributed by atoms with van der Waals surface area (Å²) in [6.45, 7) is 4.17. The molecule has 1 fully saturated rings. The molecule has 4 nitrogen and oxygen atoms in total. The zero-order valence-corrected chi connectivity index (χ0v) is 20.3. The first kappa shape index (κ1) is 21.1. The van der Waals surface area contributed by atoms with Crippen molar-refractivity contribution < 1.29 is 9.84 Å². The van der Waals surface area contributed by atoms with E-state index >= 15 is 0 Å². The maximum Gasteiger partial charge on any atom is 0.191 e. The van der Waals surface area contributed by atoms with Crippen molar-refractivity contribution >= 4 is 16.6 Å². The monoisotopic (exact) mass is 472 g/mol. The van der Waals surface area contributed by atoms with E-state index in [9.17, 15) is 5.11 Å². The smallest absolute Gasteiger partial charge is 0.191 e. The molecule has 178 valence electrons. The highest BCUT2D eigenvalue weighted by molar-refractivity contribution is 5.96. The molecule has 0 amide bonds. The van der Waals surface area contributed by atoms with Gasteiger partial charge in [-0.05, 0) is 55.7 Å². The van der Waals surface area contributed by atoms with Crippen LogP contribution in [0.5, 0.6) is 11.5 Å². The lowest BCUT2D eigenvalue weighted by molar-refractivity contribution is 0.149. The molecule has 2 N–H and O–H groups in total. The summed E-state index contributed by atoms with van der Waals surface area (Å²) >= 11 is 0. The summed E-state index contributed by atoms with van der Waals surface area (Å²) in [6, 6.07) is 31.0. The summed E-state index contributed by atoms with van der Waals surface area (Å²) in [7, 11) is 0. The summed E-state index contributed by atoms with van der Waals surface area (Å²) in [4.78, 5) is 6.04. The molecule has 4 heteroatoms. The van der Waals surface area contributed by atoms with Crippen molar-refractivity contribution in [2.75, 3.05) is 18.0 Å². The standard InChI is InChI=1S/C32H28N2O2/c1-21-10-2-5-13-25(21)32(26-17-16-22(20-28(26)35)34-18-8-9-19-34)30-23-11-3-6-14-27(23)33-31(30)24-12-4-7-15-29(24)36-32/h2-7,10-17,20,33,35H,8-9,18-19H2,1H3. The number of ether oxygens (including phenoxy) is 1. The van der Waals surface area contributed by atoms with E-state index in [4.69, 9.17) is 4.74 Å². The van der Waals surface area contributed by atoms with Crippen LogP contribution in [0, 0.1) is 6.92 Å². The van der Waals surface area contributed by atoms with Crippen LogP contribution < -0.4 is 9.64 Å². The average Bonchev–Trinajstić information content (AvgIpc) is 3.58. The van der Waals surface area contributed by atoms with Gasteiger partial charge < -0.3 is 19.7 Å². The highest BCUT2D eigenvalue weighted by Crippen LogP contribution is 2.56. The Hall–Kier alpha value is -4.18. The van der Waals surface area contributed by atoms with Crippen LogP contribution in [0.15, 0.2) is 91.0 Å². The molecule has 0 aliphatic carbocycles. The minimum atomic E-state index is -1.03. The second-order valence-electron chi connectivity index (χ2n) is 9.91. The van der Waals surface area contributed by atoms with Crippen molar-refractivity contribution in [1.82, 2.24) is 4.98 Å². The van der Waals surface area contributed by atoms with E-state index in [2.05, 4.69) is 83.5 Å². The molecule has 5 aromatic rings. The average molecular weight is 473 g/mol. The first-order valence-corrected chi connectivity index (χ1v) is 12.7. The number of phenols is 1. The number of benzene rings is 4. The van der Waals surface area contributed by atoms with Crippen LogP contribution in [0.2, 0.25) is 0 Å². The molecule has 4 aromatic carbocycles. The molecule has 1 aromatic heterocycles. The number of para-hydroxylation sites is 2. The normalized spacial score (nSPS) is 18.6. The number of fused-ring (bicyclic) bond motifs is 5. The molecule has 2 aliphatic rings. The quantitative estimate of drug-likeness (QED) is 0.294. The highest BCUT2D eigenvalue weighted by atomic mass is 16.5. The zero-order valence-electron chi connectivity index (χ0n) is 20.3. The van der Waals surface area contributed by atoms with Gasteiger partial charge in [0.1, 0.15) is 11.5 Å². The Balaban J connectivity index is 1.59. The molecule has 1 unspecified atom stereocenters. The number of phenolic OH excluding ortho intramolecular Hbond substituents is 1. The second kappa shape index (κ2) is 7.92. The van der Waals surface area contributed by atoms with E-state index < -0.39 is 5.60 Å². The summed E-state index contributed by atoms with van der Waals surface area (Å²) in [5.41, 5.74) is 7.06. The maximum absolute atomic E-state index is 11.7. The molecular formula is C32H28N2O2. The Labute approximate surface area is 210 Å². The number of anilines is 1. The van der Waals surface area contributed by atoms with E-state index in [0.29, 0.717) is 0 Å². The molecule has 7 rings (SSSR count). The number of hydrogen-bond donors (Lipinski definition) is 2. The number of aromatic amines is 1. The molecule has 1 atom stereocenters. The van der Waals surface area contributed by atoms with Crippen molar-refractivity contribution in [3.05, 3.63) is 113 Å². The topological polar surface area (TPSA) is 48.5 Å². The lowest BCUT2D eigenvalue weighted by Crippen LogP contribution is -2.39. The summed E-state index contributed by atoms with van der Waals surface area (Å²) in [5, 5.41) is 12.8. The lowest BCUT2D eigenvalue weighted by Gasteiger charge is -2.41. The van der Waals surface area contributed by atoms with Gasteiger partial charge in [-0.1, -0.05) is 54.6 Å². The van der Waals surface area contributed by atoms with E-state index in [1.807, 2.05) is 24.3 Å². The van der Waals surface area contributed by atoms with Crippen molar-refractivity contribution in [2.24, 2.45) is 0 Å². The molecule has 2 aliphatic heterocycles. The van der Waals surface area contributed by atoms with Gasteiger partial charge in [0, 0.05) is 58.0 Å². The number of aromatic nitrogens is 1. The number of aryl methyl sites for hydroxylation is 1. The van der Waals surface area contributed by atoms with Crippen LogP contribution in [0.1, 0.15) is 35.1 Å². The van der Waals surface area contributed by atoms with Crippen LogP contribution >= 0.6 is 0 Å². The second-order valence-corrected chi connectivity index (χ2v) is 9.91. The number of rotatable bonds is 3. The van der Waals surface area contributed by atoms with Crippen LogP contribution in [0.3, 0.4) is 0 Å². The van der Waals surface area contributed by atoms with Crippen LogP contribution in [-0.2, 0) is 5.60 Å². The third-order valence-electron chi connectivity index (χ3n) is 7.83. The largest absolute Gasteiger partial charge is 0.507 e. The Kier molecular flexibility index (Phi) is 4.65. The number of nitrogens with one attached hydrogen (secondary N) is 1. The van der Waals surface area contributed by atoms with Crippen LogP contribution in [-0.4, -0.2) is 23.2 Å². The first-order valence-electron chi connectivity index (χ1n) is 12.7. The van der Waals surface area contributed by atoms with Crippen molar-refractivity contribution in [3.63, 3.8) is 0 Å². The van der Waals surface area contributed by atoms with E-state index in [0.717, 1.165) is 68.9 Å². The van der Waals surface area contributed by atoms with Gasteiger partial charge in [0.15, 0.2) is 5.60 Å². The Morgan fingerprint density at radius 2 is 1.58 bits per heavy atom. The zero-order chi connectivity index (χ0) is 24.3. The lowest BCUT2D eigenvalue weighted by atomic mass is 9.74. The fraction of sp³-hybridized carbons (Fsp3) is 0.188. The van der Waals surface area contributed by atoms with Crippen molar-refractivity contribution in [1.29, 1.82) is 0 Å². The number of hydrogen-bond acceptors (Lipinski definition) is 3. The summed E-state index contributed by atoms with van der Waals surface area (Å²) in [6.07, 6.45) is 2.38. The predicted octanol–water partition coefficient (Wildman–Crippen LogP) is 7.13. The minimum absolute atomic E-state index is 0.248. The van der Waals surface area contributed by atoms with Gasteiger partial charge in [0.2, 0.25) is 0 Å². The number of aromatic hydroxyl groups is 1. The van der Waals surface area contributed by atoms with E-state index in [1.165, 1.54) is 12.8 Å². The van der Waals surface area contributed by atoms with Gasteiger partial charge in [-0.25, -0.2) is 0 Å². The highest BCUT2D eigenvalue weighted by Gasteiger charge is 2.48. The predicted molar refractivity (Wildman–Crippen MR) is 145 cm³/mol. The van der Waals surface area contributed by atoms with Crippen molar-refractivity contribution in [3.8, 4) is 22.8 Å². The molecule has 0 spiro atoms. The van der Waals surface area contributed by atoms with E-state index in [1.54, 1.807) is 0 Å². The molecule has 0 radical (unpaired) electrons. The van der Waals surface area contributed by atoms with Crippen LogP contribution in [0.4, 0.5) is 5.69 Å². The van der Waals surface area contributed by atoms with Gasteiger partial charge in [0.25, 0.3) is 0 Å². The molecular weight excluding hydrogens is 444 g/mol. The fourth-order valence-electron chi connectivity index (χ4n) is 6.17. The molecule has 0 saturated carbocycles. The third-order valence-corrected chi connectivity index (χ3v) is 7.83. The minimum Gasteiger partial charge on any atom is -0.507 e. The Bertz CT molecular complexity index is 1610. The molecule has 3 heterocycles. The van der Waals surface area contributed by atoms with Gasteiger partial charge in [-0.2, -0.15) is 0 Å². The fourth-order valence-corrected chi connectivity index (χ4v) is 6.17. The van der Waals surface area contributed by atoms with E-state index in [-0.39, 0.29) is 5.75 Å². The van der Waals surface area contributed by atoms with Gasteiger partial charge >= 0.3 is 0 Å². The van der Waals surface area contributed by atoms with Crippen LogP contribution in [0.25, 0.3) is 22.2 Å². The first-order chi connectivity index (χ1) is 17.7. The number of H-pyrrole nitrogens is 1.